The van der Waals surface area contributed by atoms with Crippen LogP contribution in [0.15, 0.2) is 12.1 Å². The highest BCUT2D eigenvalue weighted by atomic mass is 19.3. The van der Waals surface area contributed by atoms with Crippen molar-refractivity contribution in [3.8, 4) is 0 Å². The monoisotopic (exact) mass is 460 g/mol. The summed E-state index contributed by atoms with van der Waals surface area (Å²) in [5, 5.41) is 5.17. The standard InChI is InChI=1S/C21H28F4N4O3/c1-21(2,3)32-20(31)29-5-4-12(22)17(9-29)28-19(30)10-6-14(26)16(8-13(10)23)27-15-7-11(15)18(24)25/h6,8,11-12,15,17-18,27H,4-5,7,9,26H2,1-3H3,(H,28,30)/t11-,12-,15-,17-/m0/s1. The number of anilines is 2. The van der Waals surface area contributed by atoms with Crippen molar-refractivity contribution in [2.45, 2.75) is 63.9 Å². The number of likely N-dealkylation sites (tertiary alicyclic amines) is 1. The third-order valence-corrected chi connectivity index (χ3v) is 5.38. The number of benzene rings is 1. The molecule has 1 saturated carbocycles. The number of amides is 2. The Bertz CT molecular complexity index is 877. The summed E-state index contributed by atoms with van der Waals surface area (Å²) in [5.41, 5.74) is 4.85. The lowest BCUT2D eigenvalue weighted by Gasteiger charge is -2.36. The molecule has 1 aliphatic heterocycles. The molecule has 1 saturated heterocycles. The molecule has 0 unspecified atom stereocenters. The molecule has 0 spiro atoms. The number of hydrogen-bond donors (Lipinski definition) is 3. The highest BCUT2D eigenvalue weighted by molar-refractivity contribution is 5.96. The molecular weight excluding hydrogens is 432 g/mol. The number of halogens is 4. The summed E-state index contributed by atoms with van der Waals surface area (Å²) in [6.45, 7) is 5.11. The summed E-state index contributed by atoms with van der Waals surface area (Å²) >= 11 is 0. The molecule has 2 aliphatic rings. The average Bonchev–Trinajstić information content (AvgIpc) is 3.44. The zero-order valence-electron chi connectivity index (χ0n) is 18.1. The Morgan fingerprint density at radius 3 is 2.53 bits per heavy atom. The normalized spacial score (nSPS) is 25.4. The number of nitrogens with two attached hydrogens (primary N) is 1. The quantitative estimate of drug-likeness (QED) is 0.461. The molecule has 7 nitrogen and oxygen atoms in total. The van der Waals surface area contributed by atoms with Crippen LogP contribution in [0.4, 0.5) is 33.7 Å². The zero-order chi connectivity index (χ0) is 23.8. The fourth-order valence-corrected chi connectivity index (χ4v) is 3.55. The number of nitrogens with zero attached hydrogens (tertiary/aromatic N) is 1. The van der Waals surface area contributed by atoms with Crippen molar-refractivity contribution in [3.63, 3.8) is 0 Å². The summed E-state index contributed by atoms with van der Waals surface area (Å²) in [7, 11) is 0. The molecule has 1 aromatic rings. The van der Waals surface area contributed by atoms with Gasteiger partial charge in [0.1, 0.15) is 17.6 Å². The molecule has 2 amide bonds. The predicted octanol–water partition coefficient (Wildman–Crippen LogP) is 3.55. The van der Waals surface area contributed by atoms with Crippen molar-refractivity contribution >= 4 is 23.4 Å². The second-order valence-electron chi connectivity index (χ2n) is 9.22. The van der Waals surface area contributed by atoms with Gasteiger partial charge in [-0.3, -0.25) is 4.79 Å². The lowest BCUT2D eigenvalue weighted by atomic mass is 10.0. The Balaban J connectivity index is 1.65. The number of nitrogens with one attached hydrogen (secondary N) is 2. The summed E-state index contributed by atoms with van der Waals surface area (Å²) < 4.78 is 59.6. The molecule has 4 atom stereocenters. The minimum Gasteiger partial charge on any atom is -0.444 e. The highest BCUT2D eigenvalue weighted by Crippen LogP contribution is 2.39. The molecule has 178 valence electrons. The Labute approximate surface area is 183 Å². The van der Waals surface area contributed by atoms with E-state index in [1.165, 1.54) is 4.90 Å². The highest BCUT2D eigenvalue weighted by Gasteiger charge is 2.44. The van der Waals surface area contributed by atoms with Gasteiger partial charge in [-0.05, 0) is 45.7 Å². The smallest absolute Gasteiger partial charge is 0.410 e. The van der Waals surface area contributed by atoms with Crippen LogP contribution in [0, 0.1) is 11.7 Å². The van der Waals surface area contributed by atoms with Gasteiger partial charge >= 0.3 is 6.09 Å². The van der Waals surface area contributed by atoms with Crippen molar-refractivity contribution in [1.82, 2.24) is 10.2 Å². The maximum atomic E-state index is 14.6. The van der Waals surface area contributed by atoms with Crippen molar-refractivity contribution in [1.29, 1.82) is 0 Å². The van der Waals surface area contributed by atoms with Gasteiger partial charge in [0.2, 0.25) is 6.43 Å². The molecule has 0 radical (unpaired) electrons. The number of piperidine rings is 1. The first kappa shape index (κ1) is 23.9. The average molecular weight is 460 g/mol. The van der Waals surface area contributed by atoms with E-state index < -0.39 is 59.6 Å². The van der Waals surface area contributed by atoms with E-state index in [1.807, 2.05) is 0 Å². The van der Waals surface area contributed by atoms with Gasteiger partial charge in [-0.1, -0.05) is 0 Å². The fourth-order valence-electron chi connectivity index (χ4n) is 3.55. The second-order valence-corrected chi connectivity index (χ2v) is 9.22. The number of alkyl halides is 3. The Morgan fingerprint density at radius 2 is 1.94 bits per heavy atom. The van der Waals surface area contributed by atoms with E-state index in [4.69, 9.17) is 10.5 Å². The van der Waals surface area contributed by atoms with Crippen LogP contribution in [-0.2, 0) is 4.74 Å². The van der Waals surface area contributed by atoms with Gasteiger partial charge in [0.15, 0.2) is 0 Å². The van der Waals surface area contributed by atoms with E-state index in [9.17, 15) is 27.2 Å². The van der Waals surface area contributed by atoms with Crippen molar-refractivity contribution < 1.29 is 31.9 Å². The summed E-state index contributed by atoms with van der Waals surface area (Å²) in [6, 6.07) is 0.477. The minimum absolute atomic E-state index is 0.00675. The van der Waals surface area contributed by atoms with Gasteiger partial charge in [-0.2, -0.15) is 0 Å². The molecule has 4 N–H and O–H groups in total. The minimum atomic E-state index is -2.48. The van der Waals surface area contributed by atoms with Crippen LogP contribution < -0.4 is 16.4 Å². The number of rotatable bonds is 5. The topological polar surface area (TPSA) is 96.7 Å². The van der Waals surface area contributed by atoms with Crippen LogP contribution in [0.5, 0.6) is 0 Å². The lowest BCUT2D eigenvalue weighted by Crippen LogP contribution is -2.55. The van der Waals surface area contributed by atoms with E-state index >= 15 is 0 Å². The number of nitrogen functional groups attached to an aromatic ring is 1. The maximum absolute atomic E-state index is 14.6. The number of carbonyl (C=O) groups is 2. The van der Waals surface area contributed by atoms with Gasteiger partial charge in [0, 0.05) is 25.0 Å². The molecule has 1 heterocycles. The van der Waals surface area contributed by atoms with Gasteiger partial charge in [0.05, 0.1) is 23.0 Å². The summed E-state index contributed by atoms with van der Waals surface area (Å²) in [5.74, 6) is -2.64. The van der Waals surface area contributed by atoms with Crippen LogP contribution in [-0.4, -0.2) is 60.3 Å². The summed E-state index contributed by atoms with van der Waals surface area (Å²) in [6.07, 6.45) is -4.30. The lowest BCUT2D eigenvalue weighted by molar-refractivity contribution is 0.0112. The van der Waals surface area contributed by atoms with Gasteiger partial charge in [0.25, 0.3) is 5.91 Å². The zero-order valence-corrected chi connectivity index (χ0v) is 18.1. The van der Waals surface area contributed by atoms with Crippen LogP contribution in [0.3, 0.4) is 0 Å². The largest absolute Gasteiger partial charge is 0.444 e. The predicted molar refractivity (Wildman–Crippen MR) is 111 cm³/mol. The Morgan fingerprint density at radius 1 is 1.25 bits per heavy atom. The third-order valence-electron chi connectivity index (χ3n) is 5.38. The van der Waals surface area contributed by atoms with Crippen LogP contribution in [0.25, 0.3) is 0 Å². The number of carbonyl (C=O) groups excluding carboxylic acids is 2. The Kier molecular flexibility index (Phi) is 6.75. The SMILES string of the molecule is CC(C)(C)OC(=O)N1CC[C@H](F)[C@@H](NC(=O)c2cc(N)c(N[C@H]3C[C@@H]3C(F)F)cc2F)C1. The Hall–Kier alpha value is -2.72. The molecule has 0 aromatic heterocycles. The molecule has 3 rings (SSSR count). The van der Waals surface area contributed by atoms with E-state index in [0.717, 1.165) is 12.1 Å². The molecule has 11 heteroatoms. The fraction of sp³-hybridized carbons (Fsp3) is 0.619. The molecule has 2 fully saturated rings. The van der Waals surface area contributed by atoms with Gasteiger partial charge in [-0.15, -0.1) is 0 Å². The van der Waals surface area contributed by atoms with Crippen molar-refractivity contribution in [2.75, 3.05) is 24.1 Å². The van der Waals surface area contributed by atoms with Crippen LogP contribution in [0.2, 0.25) is 0 Å². The van der Waals surface area contributed by atoms with Crippen LogP contribution >= 0.6 is 0 Å². The number of hydrogen-bond acceptors (Lipinski definition) is 5. The first-order chi connectivity index (χ1) is 14.9. The molecule has 1 aromatic carbocycles. The van der Waals surface area contributed by atoms with E-state index in [2.05, 4.69) is 10.6 Å². The number of ether oxygens (including phenoxy) is 1. The molecule has 0 bridgehead atoms. The van der Waals surface area contributed by atoms with E-state index in [0.29, 0.717) is 0 Å². The first-order valence-corrected chi connectivity index (χ1v) is 10.4. The summed E-state index contributed by atoms with van der Waals surface area (Å²) in [4.78, 5) is 26.1. The van der Waals surface area contributed by atoms with E-state index in [1.54, 1.807) is 20.8 Å². The van der Waals surface area contributed by atoms with Crippen LogP contribution in [0.1, 0.15) is 44.0 Å². The van der Waals surface area contributed by atoms with Gasteiger partial charge in [-0.25, -0.2) is 22.4 Å². The first-order valence-electron chi connectivity index (χ1n) is 10.4. The van der Waals surface area contributed by atoms with Crippen molar-refractivity contribution in [2.24, 2.45) is 5.92 Å². The molecular formula is C21H28F4N4O3. The maximum Gasteiger partial charge on any atom is 0.410 e. The van der Waals surface area contributed by atoms with Gasteiger partial charge < -0.3 is 26.0 Å². The van der Waals surface area contributed by atoms with Crippen molar-refractivity contribution in [3.05, 3.63) is 23.5 Å². The molecule has 1 aliphatic carbocycles. The second kappa shape index (κ2) is 9.03. The third kappa shape index (κ3) is 5.74. The molecule has 32 heavy (non-hydrogen) atoms. The van der Waals surface area contributed by atoms with E-state index in [-0.39, 0.29) is 37.3 Å².